The Bertz CT molecular complexity index is 271. The lowest BCUT2D eigenvalue weighted by Crippen LogP contribution is -3.14. The summed E-state index contributed by atoms with van der Waals surface area (Å²) >= 11 is 0. The third-order valence-corrected chi connectivity index (χ3v) is 2.06. The highest BCUT2D eigenvalue weighted by Gasteiger charge is 2.20. The first-order chi connectivity index (χ1) is 6.63. The summed E-state index contributed by atoms with van der Waals surface area (Å²) in [5, 5.41) is 0. The second kappa shape index (κ2) is 4.93. The van der Waals surface area contributed by atoms with Crippen LogP contribution in [0.3, 0.4) is 0 Å². The molecule has 1 aliphatic heterocycles. The Morgan fingerprint density at radius 3 is 3.07 bits per heavy atom. The van der Waals surface area contributed by atoms with E-state index in [9.17, 15) is 4.79 Å². The average molecular weight is 197 g/mol. The number of hydrogen-bond donors (Lipinski definition) is 2. The van der Waals surface area contributed by atoms with E-state index in [1.165, 1.54) is 0 Å². The molecule has 2 atom stereocenters. The Balaban J connectivity index is 2.52. The second-order valence-electron chi connectivity index (χ2n) is 3.33. The third-order valence-electron chi connectivity index (χ3n) is 2.06. The van der Waals surface area contributed by atoms with Crippen molar-refractivity contribution >= 4 is 5.97 Å². The van der Waals surface area contributed by atoms with E-state index in [2.05, 4.69) is 0 Å². The summed E-state index contributed by atoms with van der Waals surface area (Å²) < 4.78 is 4.86. The first-order valence-corrected chi connectivity index (χ1v) is 4.77. The highest BCUT2D eigenvalue weighted by Crippen LogP contribution is 1.95. The molecule has 0 radical (unpaired) electrons. The molecule has 2 unspecified atom stereocenters. The number of esters is 1. The topological polar surface area (TPSA) is 56.8 Å². The molecular weight excluding hydrogens is 180 g/mol. The van der Waals surface area contributed by atoms with Crippen LogP contribution in [0, 0.1) is 0 Å². The number of allylic oxidation sites excluding steroid dienone is 2. The molecule has 3 N–H and O–H groups in total. The van der Waals surface area contributed by atoms with Gasteiger partial charge in [-0.05, 0) is 19.9 Å². The van der Waals surface area contributed by atoms with Gasteiger partial charge in [0.2, 0.25) is 0 Å². The minimum atomic E-state index is -0.211. The van der Waals surface area contributed by atoms with Gasteiger partial charge in [-0.1, -0.05) is 6.08 Å². The highest BCUT2D eigenvalue weighted by molar-refractivity contribution is 5.70. The molecule has 0 fully saturated rings. The number of quaternary nitrogens is 1. The van der Waals surface area contributed by atoms with Gasteiger partial charge in [-0.3, -0.25) is 10.6 Å². The average Bonchev–Trinajstić information content (AvgIpc) is 2.12. The van der Waals surface area contributed by atoms with Gasteiger partial charge in [0.15, 0.2) is 12.7 Å². The summed E-state index contributed by atoms with van der Waals surface area (Å²) in [7, 11) is 0. The molecule has 0 bridgehead atoms. The number of ether oxygens (including phenoxy) is 1. The van der Waals surface area contributed by atoms with Crippen LogP contribution < -0.4 is 10.6 Å². The number of rotatable bonds is 3. The van der Waals surface area contributed by atoms with Crippen molar-refractivity contribution in [3.05, 3.63) is 23.9 Å². The maximum absolute atomic E-state index is 11.2. The van der Waals surface area contributed by atoms with Gasteiger partial charge in [0.05, 0.1) is 12.8 Å². The van der Waals surface area contributed by atoms with E-state index in [0.29, 0.717) is 6.61 Å². The lowest BCUT2D eigenvalue weighted by Gasteiger charge is -2.21. The van der Waals surface area contributed by atoms with Crippen LogP contribution in [-0.2, 0) is 9.53 Å². The molecule has 1 rings (SSSR count). The number of nitrogens with one attached hydrogen (secondary N) is 1. The van der Waals surface area contributed by atoms with Crippen LogP contribution in [0.15, 0.2) is 23.9 Å². The van der Waals surface area contributed by atoms with Crippen molar-refractivity contribution in [2.75, 3.05) is 13.2 Å². The fourth-order valence-electron chi connectivity index (χ4n) is 1.36. The Morgan fingerprint density at radius 2 is 2.43 bits per heavy atom. The minimum Gasteiger partial charge on any atom is -0.462 e. The van der Waals surface area contributed by atoms with Gasteiger partial charge in [0.25, 0.3) is 0 Å². The van der Waals surface area contributed by atoms with Gasteiger partial charge >= 0.3 is 5.97 Å². The van der Waals surface area contributed by atoms with Crippen molar-refractivity contribution < 1.29 is 14.4 Å². The van der Waals surface area contributed by atoms with Crippen molar-refractivity contribution in [3.8, 4) is 0 Å². The van der Waals surface area contributed by atoms with Crippen molar-refractivity contribution in [3.63, 3.8) is 0 Å². The fourth-order valence-corrected chi connectivity index (χ4v) is 1.36. The summed E-state index contributed by atoms with van der Waals surface area (Å²) in [4.78, 5) is 12.1. The Kier molecular flexibility index (Phi) is 3.85. The van der Waals surface area contributed by atoms with E-state index in [0.717, 1.165) is 10.5 Å². The lowest BCUT2D eigenvalue weighted by molar-refractivity contribution is -0.860. The molecule has 78 valence electrons. The van der Waals surface area contributed by atoms with E-state index in [4.69, 9.17) is 10.5 Å². The number of hydrogen-bond acceptors (Lipinski definition) is 3. The molecule has 0 amide bonds. The normalized spacial score (nSPS) is 25.8. The molecule has 0 aromatic rings. The molecule has 0 aromatic carbocycles. The van der Waals surface area contributed by atoms with Crippen LogP contribution in [-0.4, -0.2) is 25.3 Å². The number of nitrogens with two attached hydrogens (primary N) is 1. The fraction of sp³-hybridized carbons (Fsp3) is 0.500. The first kappa shape index (κ1) is 10.9. The SMILES string of the molecule is CCOC(=O)C[NH+]1C=C(C)C=CC1N. The zero-order valence-electron chi connectivity index (χ0n) is 8.62. The van der Waals surface area contributed by atoms with Crippen LogP contribution >= 0.6 is 0 Å². The van der Waals surface area contributed by atoms with Gasteiger partial charge in [0.1, 0.15) is 0 Å². The Hall–Kier alpha value is -1.13. The molecule has 1 heterocycles. The molecule has 4 heteroatoms. The molecule has 4 nitrogen and oxygen atoms in total. The highest BCUT2D eigenvalue weighted by atomic mass is 16.5. The standard InChI is InChI=1S/C10H16N2O2/c1-3-14-10(13)7-12-6-8(2)4-5-9(12)11/h4-6,9H,3,7,11H2,1-2H3/p+1. The van der Waals surface area contributed by atoms with Gasteiger partial charge in [-0.25, -0.2) is 4.79 Å². The summed E-state index contributed by atoms with van der Waals surface area (Å²) in [5.41, 5.74) is 6.93. The van der Waals surface area contributed by atoms with E-state index >= 15 is 0 Å². The molecule has 1 aliphatic rings. The Labute approximate surface area is 84.0 Å². The monoisotopic (exact) mass is 197 g/mol. The lowest BCUT2D eigenvalue weighted by atomic mass is 10.2. The predicted octanol–water partition coefficient (Wildman–Crippen LogP) is -0.807. The minimum absolute atomic E-state index is 0.150. The van der Waals surface area contributed by atoms with Crippen molar-refractivity contribution in [2.45, 2.75) is 20.0 Å². The third kappa shape index (κ3) is 2.97. The second-order valence-corrected chi connectivity index (χ2v) is 3.33. The summed E-state index contributed by atoms with van der Waals surface area (Å²) in [6, 6.07) is 0. The van der Waals surface area contributed by atoms with Crippen LogP contribution in [0.1, 0.15) is 13.8 Å². The molecular formula is C10H17N2O2+. The van der Waals surface area contributed by atoms with Gasteiger partial charge in [0, 0.05) is 5.57 Å². The molecule has 0 aliphatic carbocycles. The van der Waals surface area contributed by atoms with Crippen LogP contribution in [0.4, 0.5) is 0 Å². The molecule has 0 saturated carbocycles. The van der Waals surface area contributed by atoms with Crippen molar-refractivity contribution in [1.82, 2.24) is 0 Å². The first-order valence-electron chi connectivity index (χ1n) is 4.77. The van der Waals surface area contributed by atoms with Gasteiger partial charge in [-0.2, -0.15) is 0 Å². The Morgan fingerprint density at radius 1 is 1.71 bits per heavy atom. The van der Waals surface area contributed by atoms with Crippen molar-refractivity contribution in [2.24, 2.45) is 5.73 Å². The molecule has 14 heavy (non-hydrogen) atoms. The summed E-state index contributed by atoms with van der Waals surface area (Å²) in [5.74, 6) is -0.211. The van der Waals surface area contributed by atoms with Crippen LogP contribution in [0.2, 0.25) is 0 Å². The molecule has 0 aromatic heterocycles. The maximum Gasteiger partial charge on any atom is 0.362 e. The number of carbonyl (C=O) groups is 1. The van der Waals surface area contributed by atoms with E-state index in [1.54, 1.807) is 6.92 Å². The molecule has 0 spiro atoms. The van der Waals surface area contributed by atoms with E-state index < -0.39 is 0 Å². The van der Waals surface area contributed by atoms with E-state index in [1.807, 2.05) is 25.3 Å². The van der Waals surface area contributed by atoms with E-state index in [-0.39, 0.29) is 18.7 Å². The largest absolute Gasteiger partial charge is 0.462 e. The van der Waals surface area contributed by atoms with Gasteiger partial charge < -0.3 is 4.74 Å². The van der Waals surface area contributed by atoms with Crippen LogP contribution in [0.25, 0.3) is 0 Å². The number of carbonyl (C=O) groups excluding carboxylic acids is 1. The molecule has 0 saturated heterocycles. The summed E-state index contributed by atoms with van der Waals surface area (Å²) in [6.45, 7) is 4.48. The maximum atomic E-state index is 11.2. The quantitative estimate of drug-likeness (QED) is 0.582. The smallest absolute Gasteiger partial charge is 0.362 e. The van der Waals surface area contributed by atoms with Gasteiger partial charge in [-0.15, -0.1) is 0 Å². The van der Waals surface area contributed by atoms with Crippen molar-refractivity contribution in [1.29, 1.82) is 0 Å². The predicted molar refractivity (Wildman–Crippen MR) is 53.3 cm³/mol. The van der Waals surface area contributed by atoms with Crippen LogP contribution in [0.5, 0.6) is 0 Å². The zero-order valence-corrected chi connectivity index (χ0v) is 8.62. The summed E-state index contributed by atoms with van der Waals surface area (Å²) in [6.07, 6.45) is 5.65. The zero-order chi connectivity index (χ0) is 10.6.